The highest BCUT2D eigenvalue weighted by Crippen LogP contribution is 2.17. The Morgan fingerprint density at radius 2 is 1.92 bits per heavy atom. The Labute approximate surface area is 147 Å². The fraction of sp³-hybridized carbons (Fsp3) is 0.421. The van der Waals surface area contributed by atoms with Crippen LogP contribution in [0.1, 0.15) is 24.2 Å². The molecule has 0 saturated carbocycles. The van der Waals surface area contributed by atoms with E-state index in [1.54, 1.807) is 4.90 Å². The number of hydrogen-bond acceptors (Lipinski definition) is 5. The molecule has 2 aromatic rings. The Balaban J connectivity index is 1.54. The number of amides is 1. The maximum Gasteiger partial charge on any atom is 0.317 e. The molecule has 6 nitrogen and oxygen atoms in total. The number of likely N-dealkylation sites (tertiary alicyclic amines) is 1. The van der Waals surface area contributed by atoms with Gasteiger partial charge >= 0.3 is 6.01 Å². The van der Waals surface area contributed by atoms with Gasteiger partial charge in [0.15, 0.2) is 6.61 Å². The summed E-state index contributed by atoms with van der Waals surface area (Å²) in [4.78, 5) is 22.8. The highest BCUT2D eigenvalue weighted by Gasteiger charge is 2.25. The number of aryl methyl sites for hydroxylation is 2. The van der Waals surface area contributed by atoms with Crippen LogP contribution >= 0.6 is 0 Å². The molecule has 0 N–H and O–H groups in total. The summed E-state index contributed by atoms with van der Waals surface area (Å²) >= 11 is 0. The van der Waals surface area contributed by atoms with Gasteiger partial charge in [-0.2, -0.15) is 0 Å². The Hall–Kier alpha value is -2.63. The molecule has 1 aliphatic rings. The number of carbonyl (C=O) groups excluding carboxylic acids is 1. The number of aromatic nitrogens is 2. The minimum atomic E-state index is -0.0874. The fourth-order valence-corrected chi connectivity index (χ4v) is 2.91. The molecule has 6 heteroatoms. The molecule has 1 fully saturated rings. The van der Waals surface area contributed by atoms with Crippen molar-refractivity contribution in [2.75, 3.05) is 19.7 Å². The van der Waals surface area contributed by atoms with E-state index in [9.17, 15) is 4.79 Å². The van der Waals surface area contributed by atoms with Gasteiger partial charge < -0.3 is 14.4 Å². The lowest BCUT2D eigenvalue weighted by molar-refractivity contribution is -0.136. The van der Waals surface area contributed by atoms with Crippen LogP contribution in [0, 0.1) is 13.8 Å². The first-order valence-corrected chi connectivity index (χ1v) is 8.55. The van der Waals surface area contributed by atoms with Crippen LogP contribution in [0.25, 0.3) is 0 Å². The highest BCUT2D eigenvalue weighted by molar-refractivity contribution is 5.77. The summed E-state index contributed by atoms with van der Waals surface area (Å²) in [6.45, 7) is 5.13. The zero-order chi connectivity index (χ0) is 17.6. The summed E-state index contributed by atoms with van der Waals surface area (Å²) in [6.07, 6.45) is 1.70. The number of piperidine rings is 1. The van der Waals surface area contributed by atoms with Crippen molar-refractivity contribution in [1.29, 1.82) is 0 Å². The second kappa shape index (κ2) is 7.96. The third kappa shape index (κ3) is 4.92. The minimum absolute atomic E-state index is 0.0292. The Morgan fingerprint density at radius 3 is 2.64 bits per heavy atom. The minimum Gasteiger partial charge on any atom is -0.484 e. The van der Waals surface area contributed by atoms with Crippen LogP contribution in [0.5, 0.6) is 11.8 Å². The summed E-state index contributed by atoms with van der Waals surface area (Å²) in [7, 11) is 0. The third-order valence-corrected chi connectivity index (χ3v) is 4.07. The van der Waals surface area contributed by atoms with E-state index in [0.29, 0.717) is 18.3 Å². The average molecular weight is 341 g/mol. The van der Waals surface area contributed by atoms with Crippen LogP contribution in [0.2, 0.25) is 0 Å². The molecular formula is C19H23N3O3. The number of hydrogen-bond donors (Lipinski definition) is 0. The Kier molecular flexibility index (Phi) is 5.48. The molecule has 0 bridgehead atoms. The van der Waals surface area contributed by atoms with Gasteiger partial charge in [0, 0.05) is 17.9 Å². The summed E-state index contributed by atoms with van der Waals surface area (Å²) in [5, 5.41) is 0. The summed E-state index contributed by atoms with van der Waals surface area (Å²) in [5.74, 6) is 0.669. The topological polar surface area (TPSA) is 64.5 Å². The van der Waals surface area contributed by atoms with E-state index in [1.807, 2.05) is 50.2 Å². The maximum absolute atomic E-state index is 12.4. The van der Waals surface area contributed by atoms with Gasteiger partial charge in [0.05, 0.1) is 6.54 Å². The molecule has 1 atom stereocenters. The lowest BCUT2D eigenvalue weighted by Gasteiger charge is -2.32. The lowest BCUT2D eigenvalue weighted by Crippen LogP contribution is -2.46. The van der Waals surface area contributed by atoms with E-state index in [2.05, 4.69) is 9.97 Å². The molecule has 25 heavy (non-hydrogen) atoms. The van der Waals surface area contributed by atoms with Crippen LogP contribution in [0.3, 0.4) is 0 Å². The van der Waals surface area contributed by atoms with Crippen molar-refractivity contribution in [3.8, 4) is 11.8 Å². The zero-order valence-electron chi connectivity index (χ0n) is 14.6. The van der Waals surface area contributed by atoms with E-state index >= 15 is 0 Å². The predicted molar refractivity (Wildman–Crippen MR) is 93.7 cm³/mol. The van der Waals surface area contributed by atoms with Crippen molar-refractivity contribution in [3.05, 3.63) is 47.8 Å². The molecular weight excluding hydrogens is 318 g/mol. The van der Waals surface area contributed by atoms with E-state index in [-0.39, 0.29) is 18.6 Å². The second-order valence-corrected chi connectivity index (χ2v) is 6.26. The maximum atomic E-state index is 12.4. The molecule has 0 aliphatic carbocycles. The molecule has 0 spiro atoms. The number of rotatable bonds is 5. The average Bonchev–Trinajstić information content (AvgIpc) is 2.60. The van der Waals surface area contributed by atoms with Gasteiger partial charge in [0.2, 0.25) is 0 Å². The number of benzene rings is 1. The molecule has 1 aromatic carbocycles. The molecule has 1 aromatic heterocycles. The molecule has 0 unspecified atom stereocenters. The first kappa shape index (κ1) is 17.2. The van der Waals surface area contributed by atoms with Crippen LogP contribution in [-0.4, -0.2) is 46.6 Å². The lowest BCUT2D eigenvalue weighted by atomic mass is 10.1. The van der Waals surface area contributed by atoms with Crippen molar-refractivity contribution in [3.63, 3.8) is 0 Å². The van der Waals surface area contributed by atoms with Gasteiger partial charge in [-0.05, 0) is 44.9 Å². The van der Waals surface area contributed by atoms with Crippen molar-refractivity contribution in [1.82, 2.24) is 14.9 Å². The number of ether oxygens (including phenoxy) is 2. The Bertz CT molecular complexity index is 701. The van der Waals surface area contributed by atoms with Gasteiger partial charge in [0.1, 0.15) is 11.9 Å². The Morgan fingerprint density at radius 1 is 1.20 bits per heavy atom. The van der Waals surface area contributed by atoms with Crippen LogP contribution in [-0.2, 0) is 4.79 Å². The normalized spacial score (nSPS) is 17.2. The molecule has 1 aliphatic heterocycles. The molecule has 3 rings (SSSR count). The van der Waals surface area contributed by atoms with Gasteiger partial charge in [-0.15, -0.1) is 0 Å². The van der Waals surface area contributed by atoms with Crippen molar-refractivity contribution in [2.24, 2.45) is 0 Å². The zero-order valence-corrected chi connectivity index (χ0v) is 14.6. The second-order valence-electron chi connectivity index (χ2n) is 6.26. The van der Waals surface area contributed by atoms with Crippen LogP contribution in [0.4, 0.5) is 0 Å². The monoisotopic (exact) mass is 341 g/mol. The quantitative estimate of drug-likeness (QED) is 0.836. The molecule has 0 radical (unpaired) electrons. The first-order chi connectivity index (χ1) is 12.1. The summed E-state index contributed by atoms with van der Waals surface area (Å²) < 4.78 is 11.5. The van der Waals surface area contributed by atoms with Gasteiger partial charge in [-0.3, -0.25) is 4.79 Å². The fourth-order valence-electron chi connectivity index (χ4n) is 2.91. The van der Waals surface area contributed by atoms with Gasteiger partial charge in [-0.1, -0.05) is 18.2 Å². The van der Waals surface area contributed by atoms with Crippen molar-refractivity contribution >= 4 is 5.91 Å². The SMILES string of the molecule is Cc1cc(C)nc(O[C@H]2CCCN(C(=O)COc3ccccc3)C2)n1. The predicted octanol–water partition coefficient (Wildman–Crippen LogP) is 2.54. The third-order valence-electron chi connectivity index (χ3n) is 4.07. The largest absolute Gasteiger partial charge is 0.484 e. The number of para-hydroxylation sites is 1. The van der Waals surface area contributed by atoms with E-state index in [4.69, 9.17) is 9.47 Å². The number of carbonyl (C=O) groups is 1. The van der Waals surface area contributed by atoms with Gasteiger partial charge in [-0.25, -0.2) is 9.97 Å². The van der Waals surface area contributed by atoms with Crippen molar-refractivity contribution in [2.45, 2.75) is 32.8 Å². The van der Waals surface area contributed by atoms with E-state index < -0.39 is 0 Å². The summed E-state index contributed by atoms with van der Waals surface area (Å²) in [6, 6.07) is 11.7. The summed E-state index contributed by atoms with van der Waals surface area (Å²) in [5.41, 5.74) is 1.75. The van der Waals surface area contributed by atoms with Crippen LogP contribution in [0.15, 0.2) is 36.4 Å². The smallest absolute Gasteiger partial charge is 0.317 e. The van der Waals surface area contributed by atoms with E-state index in [0.717, 1.165) is 30.8 Å². The first-order valence-electron chi connectivity index (χ1n) is 8.55. The highest BCUT2D eigenvalue weighted by atomic mass is 16.5. The molecule has 1 amide bonds. The molecule has 132 valence electrons. The molecule has 2 heterocycles. The van der Waals surface area contributed by atoms with E-state index in [1.165, 1.54) is 0 Å². The van der Waals surface area contributed by atoms with Crippen LogP contribution < -0.4 is 9.47 Å². The van der Waals surface area contributed by atoms with Crippen molar-refractivity contribution < 1.29 is 14.3 Å². The number of nitrogens with zero attached hydrogens (tertiary/aromatic N) is 3. The van der Waals surface area contributed by atoms with Gasteiger partial charge in [0.25, 0.3) is 5.91 Å². The standard InChI is InChI=1S/C19H23N3O3/c1-14-11-15(2)21-19(20-14)25-17-9-6-10-22(12-17)18(23)13-24-16-7-4-3-5-8-16/h3-5,7-8,11,17H,6,9-10,12-13H2,1-2H3/t17-/m0/s1. The molecule has 1 saturated heterocycles.